The minimum atomic E-state index is 0.617. The molecule has 0 aliphatic rings. The van der Waals surface area contributed by atoms with Gasteiger partial charge in [0.2, 0.25) is 5.95 Å². The van der Waals surface area contributed by atoms with E-state index in [1.54, 1.807) is 24.6 Å². The van der Waals surface area contributed by atoms with Gasteiger partial charge in [-0.05, 0) is 44.7 Å². The molecule has 2 N–H and O–H groups in total. The monoisotopic (exact) mass is 312 g/mol. The maximum Gasteiger partial charge on any atom is 0.224 e. The van der Waals surface area contributed by atoms with Gasteiger partial charge in [0, 0.05) is 19.8 Å². The third-order valence-electron chi connectivity index (χ3n) is 2.25. The third-order valence-corrected chi connectivity index (χ3v) is 3.57. The summed E-state index contributed by atoms with van der Waals surface area (Å²) in [4.78, 5) is 8.44. The Balaban J connectivity index is 1.94. The molecule has 6 heteroatoms. The highest BCUT2D eigenvalue weighted by atomic mass is 79.9. The van der Waals surface area contributed by atoms with E-state index in [1.165, 1.54) is 5.56 Å². The molecule has 0 aromatic carbocycles. The van der Waals surface area contributed by atoms with Crippen LogP contribution in [0.3, 0.4) is 0 Å². The lowest BCUT2D eigenvalue weighted by molar-refractivity contribution is 1.00. The van der Waals surface area contributed by atoms with Crippen molar-refractivity contribution in [3.8, 4) is 0 Å². The number of nitrogens with one attached hydrogen (secondary N) is 2. The highest BCUT2D eigenvalue weighted by Crippen LogP contribution is 2.19. The molecule has 0 saturated carbocycles. The van der Waals surface area contributed by atoms with E-state index < -0.39 is 0 Å². The Kier molecular flexibility index (Phi) is 4.33. The molecule has 90 valence electrons. The number of aromatic nitrogens is 2. The average molecular weight is 313 g/mol. The maximum atomic E-state index is 4.33. The van der Waals surface area contributed by atoms with Crippen molar-refractivity contribution in [2.24, 2.45) is 0 Å². The largest absolute Gasteiger partial charge is 0.369 e. The minimum Gasteiger partial charge on any atom is -0.369 e. The van der Waals surface area contributed by atoms with Crippen LogP contribution in [0.25, 0.3) is 0 Å². The molecule has 0 aliphatic carbocycles. The average Bonchev–Trinajstić information content (AvgIpc) is 2.84. The molecule has 2 heterocycles. The van der Waals surface area contributed by atoms with Crippen LogP contribution in [0.5, 0.6) is 0 Å². The SMILES string of the molecule is CNc1ncc(Br)c(NCCc2ccsc2)n1. The van der Waals surface area contributed by atoms with Crippen molar-refractivity contribution in [3.63, 3.8) is 0 Å². The predicted molar refractivity (Wildman–Crippen MR) is 75.8 cm³/mol. The maximum absolute atomic E-state index is 4.33. The van der Waals surface area contributed by atoms with Crippen molar-refractivity contribution in [1.82, 2.24) is 9.97 Å². The Labute approximate surface area is 113 Å². The van der Waals surface area contributed by atoms with Gasteiger partial charge in [0.05, 0.1) is 4.47 Å². The lowest BCUT2D eigenvalue weighted by atomic mass is 10.2. The summed E-state index contributed by atoms with van der Waals surface area (Å²) in [6.45, 7) is 0.857. The molecule has 17 heavy (non-hydrogen) atoms. The van der Waals surface area contributed by atoms with E-state index in [-0.39, 0.29) is 0 Å². The number of halogens is 1. The predicted octanol–water partition coefficient (Wildman–Crippen LogP) is 3.00. The zero-order chi connectivity index (χ0) is 12.1. The van der Waals surface area contributed by atoms with Crippen LogP contribution in [-0.4, -0.2) is 23.6 Å². The number of thiophene rings is 1. The molecular weight excluding hydrogens is 300 g/mol. The second-order valence-corrected chi connectivity index (χ2v) is 5.08. The molecule has 2 aromatic rings. The highest BCUT2D eigenvalue weighted by Gasteiger charge is 2.03. The standard InChI is InChI=1S/C11H13BrN4S/c1-13-11-15-6-9(12)10(16-11)14-4-2-8-3-5-17-7-8/h3,5-7H,2,4H2,1H3,(H2,13,14,15,16). The summed E-state index contributed by atoms with van der Waals surface area (Å²) in [5.74, 6) is 1.44. The summed E-state index contributed by atoms with van der Waals surface area (Å²) in [5.41, 5.74) is 1.35. The summed E-state index contributed by atoms with van der Waals surface area (Å²) >= 11 is 5.15. The van der Waals surface area contributed by atoms with Crippen LogP contribution < -0.4 is 10.6 Å². The first-order chi connectivity index (χ1) is 8.29. The second kappa shape index (κ2) is 5.97. The van der Waals surface area contributed by atoms with Crippen molar-refractivity contribution in [2.75, 3.05) is 24.2 Å². The highest BCUT2D eigenvalue weighted by molar-refractivity contribution is 9.10. The fourth-order valence-electron chi connectivity index (χ4n) is 1.37. The lowest BCUT2D eigenvalue weighted by Gasteiger charge is -2.08. The Bertz CT molecular complexity index is 472. The molecule has 0 bridgehead atoms. The number of anilines is 2. The number of nitrogens with zero attached hydrogens (tertiary/aromatic N) is 2. The molecule has 2 rings (SSSR count). The van der Waals surface area contributed by atoms with Crippen LogP contribution in [-0.2, 0) is 6.42 Å². The smallest absolute Gasteiger partial charge is 0.224 e. The third kappa shape index (κ3) is 3.41. The van der Waals surface area contributed by atoms with Crippen LogP contribution in [0.2, 0.25) is 0 Å². The topological polar surface area (TPSA) is 49.8 Å². The van der Waals surface area contributed by atoms with Gasteiger partial charge in [-0.25, -0.2) is 4.98 Å². The van der Waals surface area contributed by atoms with E-state index in [2.05, 4.69) is 53.4 Å². The molecule has 0 radical (unpaired) electrons. The van der Waals surface area contributed by atoms with E-state index >= 15 is 0 Å². The molecule has 0 spiro atoms. The summed E-state index contributed by atoms with van der Waals surface area (Å²) in [6, 6.07) is 2.14. The molecule has 0 unspecified atom stereocenters. The van der Waals surface area contributed by atoms with Crippen LogP contribution in [0.15, 0.2) is 27.5 Å². The van der Waals surface area contributed by atoms with Crippen LogP contribution in [0.1, 0.15) is 5.56 Å². The van der Waals surface area contributed by atoms with E-state index in [0.717, 1.165) is 23.3 Å². The molecule has 0 saturated heterocycles. The fourth-order valence-corrected chi connectivity index (χ4v) is 2.41. The summed E-state index contributed by atoms with van der Waals surface area (Å²) < 4.78 is 0.877. The van der Waals surface area contributed by atoms with Gasteiger partial charge in [0.15, 0.2) is 0 Å². The molecule has 0 aliphatic heterocycles. The summed E-state index contributed by atoms with van der Waals surface area (Å²) in [5, 5.41) is 10.5. The summed E-state index contributed by atoms with van der Waals surface area (Å²) in [6.07, 6.45) is 2.74. The number of hydrogen-bond donors (Lipinski definition) is 2. The van der Waals surface area contributed by atoms with Gasteiger partial charge >= 0.3 is 0 Å². The lowest BCUT2D eigenvalue weighted by Crippen LogP contribution is -2.08. The van der Waals surface area contributed by atoms with Gasteiger partial charge < -0.3 is 10.6 Å². The first kappa shape index (κ1) is 12.3. The molecule has 2 aromatic heterocycles. The Morgan fingerprint density at radius 2 is 2.35 bits per heavy atom. The van der Waals surface area contributed by atoms with Gasteiger partial charge in [-0.3, -0.25) is 0 Å². The Morgan fingerprint density at radius 1 is 1.47 bits per heavy atom. The Hall–Kier alpha value is -1.14. The fraction of sp³-hybridized carbons (Fsp3) is 0.273. The quantitative estimate of drug-likeness (QED) is 0.891. The second-order valence-electron chi connectivity index (χ2n) is 3.45. The van der Waals surface area contributed by atoms with Gasteiger partial charge in [0.25, 0.3) is 0 Å². The summed E-state index contributed by atoms with van der Waals surface area (Å²) in [7, 11) is 1.80. The van der Waals surface area contributed by atoms with Crippen molar-refractivity contribution in [1.29, 1.82) is 0 Å². The molecule has 0 atom stereocenters. The first-order valence-electron chi connectivity index (χ1n) is 5.25. The zero-order valence-corrected chi connectivity index (χ0v) is 11.8. The molecule has 0 amide bonds. The van der Waals surface area contributed by atoms with Gasteiger partial charge in [-0.1, -0.05) is 0 Å². The molecule has 4 nitrogen and oxygen atoms in total. The van der Waals surface area contributed by atoms with E-state index in [1.807, 2.05) is 0 Å². The zero-order valence-electron chi connectivity index (χ0n) is 9.40. The van der Waals surface area contributed by atoms with Gasteiger partial charge in [-0.2, -0.15) is 16.3 Å². The van der Waals surface area contributed by atoms with E-state index in [4.69, 9.17) is 0 Å². The van der Waals surface area contributed by atoms with E-state index in [9.17, 15) is 0 Å². The van der Waals surface area contributed by atoms with Gasteiger partial charge in [-0.15, -0.1) is 0 Å². The van der Waals surface area contributed by atoms with Crippen molar-refractivity contribution in [3.05, 3.63) is 33.1 Å². The van der Waals surface area contributed by atoms with Crippen LogP contribution in [0.4, 0.5) is 11.8 Å². The first-order valence-corrected chi connectivity index (χ1v) is 6.98. The minimum absolute atomic E-state index is 0.617. The van der Waals surface area contributed by atoms with Gasteiger partial charge in [0.1, 0.15) is 5.82 Å². The van der Waals surface area contributed by atoms with Crippen LogP contribution in [0, 0.1) is 0 Å². The molecular formula is C11H13BrN4S. The molecule has 0 fully saturated rings. The van der Waals surface area contributed by atoms with E-state index in [0.29, 0.717) is 5.95 Å². The normalized spacial score (nSPS) is 10.2. The number of rotatable bonds is 5. The number of hydrogen-bond acceptors (Lipinski definition) is 5. The Morgan fingerprint density at radius 3 is 3.06 bits per heavy atom. The van der Waals surface area contributed by atoms with Crippen molar-refractivity contribution >= 4 is 39.0 Å². The van der Waals surface area contributed by atoms with Crippen molar-refractivity contribution in [2.45, 2.75) is 6.42 Å². The van der Waals surface area contributed by atoms with Crippen LogP contribution >= 0.6 is 27.3 Å². The van der Waals surface area contributed by atoms with Crippen molar-refractivity contribution < 1.29 is 0 Å².